The molecule has 1 atom stereocenters. The van der Waals surface area contributed by atoms with Crippen molar-refractivity contribution in [2.45, 2.75) is 38.1 Å². The quantitative estimate of drug-likeness (QED) is 0.458. The molecule has 0 bridgehead atoms. The van der Waals surface area contributed by atoms with Gasteiger partial charge in [0.2, 0.25) is 5.95 Å². The van der Waals surface area contributed by atoms with Crippen LogP contribution in [0.3, 0.4) is 0 Å². The van der Waals surface area contributed by atoms with Crippen LogP contribution in [0.15, 0.2) is 36.5 Å². The van der Waals surface area contributed by atoms with Crippen molar-refractivity contribution < 1.29 is 4.57 Å². The molecule has 1 aliphatic carbocycles. The van der Waals surface area contributed by atoms with Crippen LogP contribution in [-0.4, -0.2) is 48.3 Å². The van der Waals surface area contributed by atoms with E-state index in [1.807, 2.05) is 25.5 Å². The maximum Gasteiger partial charge on any atom is 0.229 e. The first-order valence-electron chi connectivity index (χ1n) is 12.4. The number of halogens is 1. The Morgan fingerprint density at radius 3 is 2.77 bits per heavy atom. The third-order valence-corrected chi connectivity index (χ3v) is 9.34. The Kier molecular flexibility index (Phi) is 5.67. The van der Waals surface area contributed by atoms with E-state index < -0.39 is 7.14 Å². The lowest BCUT2D eigenvalue weighted by Gasteiger charge is -2.37. The van der Waals surface area contributed by atoms with Gasteiger partial charge in [-0.05, 0) is 105 Å². The normalized spacial score (nSPS) is 19.4. The molecule has 3 aliphatic rings. The number of aromatic nitrogens is 2. The fraction of sp³-hybridized carbons (Fsp3) is 0.407. The average molecular weight is 508 g/mol. The molecule has 6 rings (SSSR count). The predicted octanol–water partition coefficient (Wildman–Crippen LogP) is 5.68. The summed E-state index contributed by atoms with van der Waals surface area (Å²) < 4.78 is 12.5. The van der Waals surface area contributed by atoms with Gasteiger partial charge in [-0.15, -0.1) is 0 Å². The zero-order chi connectivity index (χ0) is 24.3. The molecule has 182 valence electrons. The fourth-order valence-electron chi connectivity index (χ4n) is 5.99. The number of likely N-dealkylation sites (N-methyl/N-ethyl adjacent to an activating group) is 1. The van der Waals surface area contributed by atoms with Crippen molar-refractivity contribution in [2.24, 2.45) is 0 Å². The van der Waals surface area contributed by atoms with E-state index in [1.165, 1.54) is 29.5 Å². The topological polar surface area (TPSA) is 61.4 Å². The van der Waals surface area contributed by atoms with E-state index in [9.17, 15) is 4.57 Å². The summed E-state index contributed by atoms with van der Waals surface area (Å²) in [6.07, 6.45) is 6.22. The van der Waals surface area contributed by atoms with E-state index in [1.54, 1.807) is 11.8 Å². The molecule has 1 N–H and O–H groups in total. The van der Waals surface area contributed by atoms with Crippen molar-refractivity contribution in [3.8, 4) is 0 Å². The Bertz CT molecular complexity index is 1370. The van der Waals surface area contributed by atoms with Gasteiger partial charge < -0.3 is 19.7 Å². The van der Waals surface area contributed by atoms with Crippen LogP contribution in [0.1, 0.15) is 41.0 Å². The highest BCUT2D eigenvalue weighted by molar-refractivity contribution is 7.70. The maximum absolute atomic E-state index is 12.5. The molecule has 1 unspecified atom stereocenters. The molecule has 0 amide bonds. The van der Waals surface area contributed by atoms with Crippen molar-refractivity contribution in [3.05, 3.63) is 63.8 Å². The number of hydrogen-bond acceptors (Lipinski definition) is 6. The van der Waals surface area contributed by atoms with E-state index in [0.29, 0.717) is 22.7 Å². The molecule has 35 heavy (non-hydrogen) atoms. The average Bonchev–Trinajstić information content (AvgIpc) is 3.23. The zero-order valence-electron chi connectivity index (χ0n) is 20.5. The van der Waals surface area contributed by atoms with Crippen molar-refractivity contribution >= 4 is 47.2 Å². The fourth-order valence-corrected chi connectivity index (χ4v) is 7.08. The van der Waals surface area contributed by atoms with E-state index in [-0.39, 0.29) is 0 Å². The lowest BCUT2D eigenvalue weighted by molar-refractivity contribution is 0.266. The SMILES string of the molecule is CN1Cc2cc(Nc3ncc(Cl)c(N4CCc5cc(P(C)(C)=O)ccc54)n3)cc3c2C(CCC3)C1. The van der Waals surface area contributed by atoms with E-state index >= 15 is 0 Å². The minimum Gasteiger partial charge on any atom is -0.324 e. The Morgan fingerprint density at radius 2 is 1.94 bits per heavy atom. The van der Waals surface area contributed by atoms with E-state index in [4.69, 9.17) is 16.6 Å². The van der Waals surface area contributed by atoms with Gasteiger partial charge in [-0.2, -0.15) is 4.98 Å². The minimum atomic E-state index is -2.30. The third kappa shape index (κ3) is 4.26. The van der Waals surface area contributed by atoms with Gasteiger partial charge in [0.15, 0.2) is 5.82 Å². The molecule has 3 aromatic rings. The van der Waals surface area contributed by atoms with E-state index in [2.05, 4.69) is 45.3 Å². The molecule has 2 aliphatic heterocycles. The van der Waals surface area contributed by atoms with Gasteiger partial charge in [-0.25, -0.2) is 4.98 Å². The molecule has 0 saturated carbocycles. The van der Waals surface area contributed by atoms with Crippen LogP contribution in [0.25, 0.3) is 0 Å². The largest absolute Gasteiger partial charge is 0.324 e. The molecule has 8 heteroatoms. The van der Waals surface area contributed by atoms with Gasteiger partial charge in [0, 0.05) is 36.3 Å². The number of fused-ring (bicyclic) bond motifs is 1. The second-order valence-electron chi connectivity index (χ2n) is 10.5. The predicted molar refractivity (Wildman–Crippen MR) is 145 cm³/mol. The molecule has 1 aromatic heterocycles. The summed E-state index contributed by atoms with van der Waals surface area (Å²) >= 11 is 6.59. The smallest absolute Gasteiger partial charge is 0.229 e. The second-order valence-corrected chi connectivity index (χ2v) is 14.2. The van der Waals surface area contributed by atoms with E-state index in [0.717, 1.165) is 49.2 Å². The number of nitrogens with one attached hydrogen (secondary N) is 1. The number of benzene rings is 2. The molecule has 0 saturated heterocycles. The van der Waals surface area contributed by atoms with Crippen LogP contribution in [0.2, 0.25) is 5.02 Å². The molecule has 2 aromatic carbocycles. The molecule has 3 heterocycles. The summed E-state index contributed by atoms with van der Waals surface area (Å²) in [6.45, 7) is 6.55. The third-order valence-electron chi connectivity index (χ3n) is 7.55. The number of aryl methyl sites for hydroxylation is 1. The summed E-state index contributed by atoms with van der Waals surface area (Å²) in [6, 6.07) is 10.6. The lowest BCUT2D eigenvalue weighted by Crippen LogP contribution is -2.33. The second kappa shape index (κ2) is 8.62. The van der Waals surface area contributed by atoms with Crippen LogP contribution in [-0.2, 0) is 24.0 Å². The van der Waals surface area contributed by atoms with Crippen LogP contribution < -0.4 is 15.5 Å². The molecule has 0 radical (unpaired) electrons. The molecular weight excluding hydrogens is 477 g/mol. The first kappa shape index (κ1) is 23.0. The van der Waals surface area contributed by atoms with Gasteiger partial charge in [-0.3, -0.25) is 0 Å². The van der Waals surface area contributed by atoms with Gasteiger partial charge >= 0.3 is 0 Å². The van der Waals surface area contributed by atoms with Crippen LogP contribution in [0, 0.1) is 0 Å². The summed E-state index contributed by atoms with van der Waals surface area (Å²) in [5, 5.41) is 4.90. The summed E-state index contributed by atoms with van der Waals surface area (Å²) in [4.78, 5) is 13.9. The first-order valence-corrected chi connectivity index (χ1v) is 15.3. The van der Waals surface area contributed by atoms with Crippen molar-refractivity contribution in [3.63, 3.8) is 0 Å². The van der Waals surface area contributed by atoms with Crippen molar-refractivity contribution in [1.82, 2.24) is 14.9 Å². The summed E-state index contributed by atoms with van der Waals surface area (Å²) in [5.41, 5.74) is 7.76. The van der Waals surface area contributed by atoms with Gasteiger partial charge in [-0.1, -0.05) is 11.6 Å². The molecule has 0 fully saturated rings. The van der Waals surface area contributed by atoms with Gasteiger partial charge in [0.1, 0.15) is 12.2 Å². The zero-order valence-corrected chi connectivity index (χ0v) is 22.2. The number of nitrogens with zero attached hydrogens (tertiary/aromatic N) is 4. The van der Waals surface area contributed by atoms with Gasteiger partial charge in [0.05, 0.1) is 6.20 Å². The Labute approximate surface area is 212 Å². The van der Waals surface area contributed by atoms with Crippen molar-refractivity contribution in [1.29, 1.82) is 0 Å². The number of anilines is 4. The Morgan fingerprint density at radius 1 is 1.11 bits per heavy atom. The van der Waals surface area contributed by atoms with Crippen LogP contribution in [0.4, 0.5) is 23.1 Å². The minimum absolute atomic E-state index is 0.522. The summed E-state index contributed by atoms with van der Waals surface area (Å²) in [5.74, 6) is 1.90. The highest BCUT2D eigenvalue weighted by atomic mass is 35.5. The first-order chi connectivity index (χ1) is 16.8. The lowest BCUT2D eigenvalue weighted by atomic mass is 9.77. The maximum atomic E-state index is 12.5. The van der Waals surface area contributed by atoms with Crippen molar-refractivity contribution in [2.75, 3.05) is 43.7 Å². The molecule has 0 spiro atoms. The summed E-state index contributed by atoms with van der Waals surface area (Å²) in [7, 11) is -0.0899. The van der Waals surface area contributed by atoms with Gasteiger partial charge in [0.25, 0.3) is 0 Å². The molecule has 6 nitrogen and oxygen atoms in total. The van der Waals surface area contributed by atoms with Crippen LogP contribution in [0.5, 0.6) is 0 Å². The van der Waals surface area contributed by atoms with Crippen LogP contribution >= 0.6 is 18.7 Å². The Hall–Kier alpha value is -2.40. The number of rotatable bonds is 4. The number of hydrogen-bond donors (Lipinski definition) is 1. The monoisotopic (exact) mass is 507 g/mol. The highest BCUT2D eigenvalue weighted by Gasteiger charge is 2.29. The Balaban J connectivity index is 1.31. The molecular formula is C27H31ClN5OP. The standard InChI is InChI=1S/C27H31ClN5OP/c1-32-15-19-6-4-5-18-11-21(12-20(16-32)25(18)19)30-27-29-14-23(28)26(31-27)33-10-9-17-13-22(35(2,3)34)7-8-24(17)33/h7-8,11-14,19H,4-6,9-10,15-16H2,1-3H3,(H,29,30,31). The highest BCUT2D eigenvalue weighted by Crippen LogP contribution is 2.42.